The van der Waals surface area contributed by atoms with Crippen molar-refractivity contribution in [2.45, 2.75) is 26.7 Å². The first-order valence-corrected chi connectivity index (χ1v) is 6.67. The lowest BCUT2D eigenvalue weighted by Crippen LogP contribution is -2.29. The van der Waals surface area contributed by atoms with Gasteiger partial charge in [0.25, 0.3) is 0 Å². The van der Waals surface area contributed by atoms with Crippen LogP contribution in [0.2, 0.25) is 0 Å². The first kappa shape index (κ1) is 11.0. The monoisotopic (exact) mass is 227 g/mol. The normalized spacial score (nSPS) is 32.1. The van der Waals surface area contributed by atoms with E-state index in [1.54, 1.807) is 5.57 Å². The zero-order valence-electron chi connectivity index (χ0n) is 10.8. The van der Waals surface area contributed by atoms with Crippen molar-refractivity contribution in [1.29, 1.82) is 0 Å². The van der Waals surface area contributed by atoms with Crippen molar-refractivity contribution < 1.29 is 0 Å². The van der Waals surface area contributed by atoms with Gasteiger partial charge in [-0.05, 0) is 36.3 Å². The molecule has 1 heterocycles. The van der Waals surface area contributed by atoms with Gasteiger partial charge in [0.15, 0.2) is 0 Å². The molecule has 90 valence electrons. The highest BCUT2D eigenvalue weighted by Crippen LogP contribution is 2.47. The van der Waals surface area contributed by atoms with E-state index in [1.165, 1.54) is 30.5 Å². The molecule has 1 heteroatoms. The van der Waals surface area contributed by atoms with Crippen molar-refractivity contribution in [3.63, 3.8) is 0 Å². The van der Waals surface area contributed by atoms with Crippen LogP contribution in [0.15, 0.2) is 30.3 Å². The number of allylic oxidation sites excluding steroid dienone is 1. The maximum Gasteiger partial charge on any atom is 0.00323 e. The minimum atomic E-state index is 0.481. The van der Waals surface area contributed by atoms with Crippen molar-refractivity contribution in [3.05, 3.63) is 41.5 Å². The van der Waals surface area contributed by atoms with Crippen LogP contribution in [0.4, 0.5) is 0 Å². The van der Waals surface area contributed by atoms with Gasteiger partial charge in [-0.3, -0.25) is 0 Å². The molecule has 2 aliphatic rings. The van der Waals surface area contributed by atoms with Gasteiger partial charge in [-0.2, -0.15) is 0 Å². The maximum atomic E-state index is 3.58. The molecule has 0 spiro atoms. The van der Waals surface area contributed by atoms with Gasteiger partial charge < -0.3 is 5.32 Å². The summed E-state index contributed by atoms with van der Waals surface area (Å²) in [5.41, 5.74) is 4.83. The summed E-state index contributed by atoms with van der Waals surface area (Å²) in [6, 6.07) is 9.02. The summed E-state index contributed by atoms with van der Waals surface area (Å²) in [5.74, 6) is 0.707. The molecule has 0 amide bonds. The number of aryl methyl sites for hydroxylation is 1. The fourth-order valence-corrected chi connectivity index (χ4v) is 3.38. The Balaban J connectivity index is 1.97. The second-order valence-electron chi connectivity index (χ2n) is 5.90. The second kappa shape index (κ2) is 3.99. The van der Waals surface area contributed by atoms with Crippen LogP contribution in [-0.4, -0.2) is 13.1 Å². The Labute approximate surface area is 104 Å². The zero-order valence-corrected chi connectivity index (χ0v) is 10.8. The quantitative estimate of drug-likeness (QED) is 0.775. The van der Waals surface area contributed by atoms with Crippen LogP contribution in [0, 0.1) is 18.3 Å². The molecule has 0 radical (unpaired) electrons. The average Bonchev–Trinajstić information content (AvgIpc) is 2.71. The molecular weight excluding hydrogens is 206 g/mol. The van der Waals surface area contributed by atoms with Crippen LogP contribution in [0.25, 0.3) is 5.57 Å². The molecule has 0 saturated carbocycles. The van der Waals surface area contributed by atoms with E-state index in [-0.39, 0.29) is 0 Å². The van der Waals surface area contributed by atoms with E-state index in [0.29, 0.717) is 11.3 Å². The molecule has 0 bridgehead atoms. The Morgan fingerprint density at radius 2 is 2.00 bits per heavy atom. The second-order valence-corrected chi connectivity index (χ2v) is 5.90. The lowest BCUT2D eigenvalue weighted by Gasteiger charge is -2.36. The van der Waals surface area contributed by atoms with Crippen LogP contribution in [0.3, 0.4) is 0 Å². The smallest absolute Gasteiger partial charge is 0.00323 e. The Kier molecular flexibility index (Phi) is 2.59. The molecule has 2 atom stereocenters. The molecule has 1 saturated heterocycles. The third-order valence-electron chi connectivity index (χ3n) is 4.56. The molecule has 1 fully saturated rings. The van der Waals surface area contributed by atoms with Crippen LogP contribution in [-0.2, 0) is 0 Å². The number of benzene rings is 1. The number of hydrogen-bond acceptors (Lipinski definition) is 1. The Hall–Kier alpha value is -1.08. The van der Waals surface area contributed by atoms with Gasteiger partial charge >= 0.3 is 0 Å². The van der Waals surface area contributed by atoms with Crippen molar-refractivity contribution in [2.24, 2.45) is 11.3 Å². The number of nitrogens with one attached hydrogen (secondary N) is 1. The lowest BCUT2D eigenvalue weighted by molar-refractivity contribution is 0.274. The summed E-state index contributed by atoms with van der Waals surface area (Å²) in [5, 5.41) is 3.58. The SMILES string of the molecule is Cc1ccc(C2=CCCC3(C)CNC[C@@H]23)cc1. The summed E-state index contributed by atoms with van der Waals surface area (Å²) in [6.07, 6.45) is 5.03. The third kappa shape index (κ3) is 1.83. The number of fused-ring (bicyclic) bond motifs is 1. The highest BCUT2D eigenvalue weighted by molar-refractivity contribution is 5.69. The van der Waals surface area contributed by atoms with E-state index < -0.39 is 0 Å². The van der Waals surface area contributed by atoms with Crippen molar-refractivity contribution in [3.8, 4) is 0 Å². The minimum Gasteiger partial charge on any atom is -0.316 e. The van der Waals surface area contributed by atoms with E-state index in [9.17, 15) is 0 Å². The molecule has 1 aromatic carbocycles. The third-order valence-corrected chi connectivity index (χ3v) is 4.56. The molecule has 1 nitrogen and oxygen atoms in total. The largest absolute Gasteiger partial charge is 0.316 e. The van der Waals surface area contributed by atoms with Gasteiger partial charge in [0.2, 0.25) is 0 Å². The molecule has 17 heavy (non-hydrogen) atoms. The Bertz CT molecular complexity index is 443. The van der Waals surface area contributed by atoms with Gasteiger partial charge in [0.1, 0.15) is 0 Å². The molecule has 1 aromatic rings. The predicted molar refractivity (Wildman–Crippen MR) is 72.9 cm³/mol. The molecule has 1 aliphatic heterocycles. The van der Waals surface area contributed by atoms with Crippen LogP contribution in [0.1, 0.15) is 30.9 Å². The van der Waals surface area contributed by atoms with E-state index in [1.807, 2.05) is 0 Å². The highest BCUT2D eigenvalue weighted by atomic mass is 14.9. The van der Waals surface area contributed by atoms with Crippen molar-refractivity contribution in [2.75, 3.05) is 13.1 Å². The molecule has 1 aliphatic carbocycles. The first-order chi connectivity index (χ1) is 8.19. The maximum absolute atomic E-state index is 3.58. The van der Waals surface area contributed by atoms with Gasteiger partial charge in [0.05, 0.1) is 0 Å². The topological polar surface area (TPSA) is 12.0 Å². The van der Waals surface area contributed by atoms with Crippen molar-refractivity contribution >= 4 is 5.57 Å². The van der Waals surface area contributed by atoms with Crippen molar-refractivity contribution in [1.82, 2.24) is 5.32 Å². The van der Waals surface area contributed by atoms with E-state index >= 15 is 0 Å². The van der Waals surface area contributed by atoms with E-state index in [4.69, 9.17) is 0 Å². The summed E-state index contributed by atoms with van der Waals surface area (Å²) in [7, 11) is 0. The molecule has 3 rings (SSSR count). The molecular formula is C16H21N. The summed E-state index contributed by atoms with van der Waals surface area (Å²) >= 11 is 0. The fraction of sp³-hybridized carbons (Fsp3) is 0.500. The molecule has 1 unspecified atom stereocenters. The van der Waals surface area contributed by atoms with Gasteiger partial charge in [0, 0.05) is 19.0 Å². The zero-order chi connectivity index (χ0) is 11.9. The summed E-state index contributed by atoms with van der Waals surface area (Å²) in [6.45, 7) is 6.93. The first-order valence-electron chi connectivity index (χ1n) is 6.67. The highest BCUT2D eigenvalue weighted by Gasteiger charge is 2.42. The number of hydrogen-bond donors (Lipinski definition) is 1. The minimum absolute atomic E-state index is 0.481. The summed E-state index contributed by atoms with van der Waals surface area (Å²) in [4.78, 5) is 0. The van der Waals surface area contributed by atoms with Crippen LogP contribution >= 0.6 is 0 Å². The van der Waals surface area contributed by atoms with E-state index in [0.717, 1.165) is 6.54 Å². The van der Waals surface area contributed by atoms with Gasteiger partial charge in [-0.25, -0.2) is 0 Å². The Morgan fingerprint density at radius 3 is 2.76 bits per heavy atom. The van der Waals surface area contributed by atoms with Gasteiger partial charge in [-0.15, -0.1) is 0 Å². The standard InChI is InChI=1S/C16H21N/c1-12-5-7-13(8-6-12)14-4-3-9-16(2)11-17-10-15(14)16/h4-8,15,17H,3,9-11H2,1-2H3/t15-,16?/m0/s1. The summed E-state index contributed by atoms with van der Waals surface area (Å²) < 4.78 is 0. The molecule has 0 aromatic heterocycles. The fourth-order valence-electron chi connectivity index (χ4n) is 3.38. The average molecular weight is 227 g/mol. The lowest BCUT2D eigenvalue weighted by atomic mass is 9.68. The van der Waals surface area contributed by atoms with Crippen LogP contribution < -0.4 is 5.32 Å². The van der Waals surface area contributed by atoms with Gasteiger partial charge in [-0.1, -0.05) is 42.8 Å². The number of rotatable bonds is 1. The van der Waals surface area contributed by atoms with E-state index in [2.05, 4.69) is 49.5 Å². The predicted octanol–water partition coefficient (Wildman–Crippen LogP) is 3.40. The van der Waals surface area contributed by atoms with Crippen LogP contribution in [0.5, 0.6) is 0 Å². The molecule has 1 N–H and O–H groups in total. The Morgan fingerprint density at radius 1 is 1.24 bits per heavy atom.